The number of rotatable bonds is 3. The third-order valence-corrected chi connectivity index (χ3v) is 4.45. The summed E-state index contributed by atoms with van der Waals surface area (Å²) < 4.78 is 31.1. The number of nitrogens with one attached hydrogen (secondary N) is 1. The van der Waals surface area contributed by atoms with Crippen molar-refractivity contribution in [3.8, 4) is 0 Å². The first-order valence-electron chi connectivity index (χ1n) is 6.51. The van der Waals surface area contributed by atoms with Crippen molar-refractivity contribution in [2.45, 2.75) is 4.90 Å². The average molecular weight is 337 g/mol. The molecule has 0 unspecified atom stereocenters. The van der Waals surface area contributed by atoms with E-state index >= 15 is 0 Å². The van der Waals surface area contributed by atoms with E-state index < -0.39 is 10.1 Å². The van der Waals surface area contributed by atoms with Gasteiger partial charge in [0.05, 0.1) is 22.8 Å². The lowest BCUT2D eigenvalue weighted by Gasteiger charge is -2.20. The van der Waals surface area contributed by atoms with Crippen LogP contribution >= 0.6 is 11.6 Å². The second kappa shape index (κ2) is 5.64. The van der Waals surface area contributed by atoms with Crippen molar-refractivity contribution in [3.63, 3.8) is 0 Å². The lowest BCUT2D eigenvalue weighted by atomic mass is 10.1. The van der Waals surface area contributed by atoms with E-state index in [2.05, 4.69) is 5.43 Å². The van der Waals surface area contributed by atoms with Crippen molar-refractivity contribution < 1.29 is 13.0 Å². The molecule has 0 saturated carbocycles. The first-order chi connectivity index (χ1) is 10.4. The summed E-state index contributed by atoms with van der Waals surface area (Å²) in [4.78, 5) is -0.124. The highest BCUT2D eigenvalue weighted by atomic mass is 35.5. The van der Waals surface area contributed by atoms with Gasteiger partial charge in [0, 0.05) is 5.02 Å². The van der Waals surface area contributed by atoms with Crippen LogP contribution in [0.3, 0.4) is 0 Å². The molecule has 2 aromatic rings. The third kappa shape index (κ3) is 3.09. The maximum atomic E-state index is 11.0. The van der Waals surface area contributed by atoms with Crippen molar-refractivity contribution in [1.82, 2.24) is 5.43 Å². The normalized spacial score (nSPS) is 14.6. The maximum Gasteiger partial charge on any atom is 0.294 e. The van der Waals surface area contributed by atoms with Gasteiger partial charge in [-0.1, -0.05) is 23.7 Å². The zero-order valence-electron chi connectivity index (χ0n) is 11.4. The van der Waals surface area contributed by atoms with Crippen LogP contribution in [0.25, 0.3) is 5.70 Å². The Morgan fingerprint density at radius 1 is 1.05 bits per heavy atom. The van der Waals surface area contributed by atoms with Crippen LogP contribution in [0.4, 0.5) is 5.69 Å². The smallest absolute Gasteiger partial charge is 0.294 e. The molecule has 114 valence electrons. The summed E-state index contributed by atoms with van der Waals surface area (Å²) >= 11 is 5.87. The molecule has 2 aromatic carbocycles. The fourth-order valence-corrected chi connectivity index (χ4v) is 2.81. The Bertz CT molecular complexity index is 815. The number of hydrogen-bond acceptors (Lipinski definition) is 4. The van der Waals surface area contributed by atoms with Crippen LogP contribution in [-0.2, 0) is 10.1 Å². The summed E-state index contributed by atoms with van der Waals surface area (Å²) in [6.45, 7) is 0.642. The lowest BCUT2D eigenvalue weighted by Crippen LogP contribution is -2.31. The number of anilines is 1. The van der Waals surface area contributed by atoms with Gasteiger partial charge in [-0.15, -0.1) is 0 Å². The summed E-state index contributed by atoms with van der Waals surface area (Å²) in [6.07, 6.45) is 2.03. The molecule has 0 aromatic heterocycles. The minimum atomic E-state index is -4.17. The molecule has 0 spiro atoms. The SMILES string of the molecule is O=S(=O)(O)c1ccc(N2CC=C(c3ccc(Cl)cc3)N2)cc1. The molecule has 1 heterocycles. The highest BCUT2D eigenvalue weighted by Gasteiger charge is 2.16. The molecule has 0 saturated heterocycles. The molecule has 5 nitrogen and oxygen atoms in total. The van der Waals surface area contributed by atoms with Gasteiger partial charge in [-0.25, -0.2) is 0 Å². The standard InChI is InChI=1S/C15H13ClN2O3S/c16-12-3-1-11(2-4-12)15-9-10-18(17-15)13-5-7-14(8-6-13)22(19,20)21/h1-9,17H,10H2,(H,19,20,21). The predicted octanol–water partition coefficient (Wildman–Crippen LogP) is 2.95. The summed E-state index contributed by atoms with van der Waals surface area (Å²) in [7, 11) is -4.17. The number of hydrazine groups is 1. The van der Waals surface area contributed by atoms with E-state index in [1.807, 2.05) is 35.4 Å². The Morgan fingerprint density at radius 3 is 2.27 bits per heavy atom. The number of halogens is 1. The van der Waals surface area contributed by atoms with E-state index in [0.717, 1.165) is 16.9 Å². The van der Waals surface area contributed by atoms with Gasteiger partial charge < -0.3 is 0 Å². The predicted molar refractivity (Wildman–Crippen MR) is 86.2 cm³/mol. The monoisotopic (exact) mass is 336 g/mol. The fraction of sp³-hybridized carbons (Fsp3) is 0.0667. The maximum absolute atomic E-state index is 11.0. The second-order valence-corrected chi connectivity index (χ2v) is 6.67. The Morgan fingerprint density at radius 2 is 1.68 bits per heavy atom. The lowest BCUT2D eigenvalue weighted by molar-refractivity contribution is 0.483. The molecule has 0 aliphatic carbocycles. The molecular formula is C15H13ClN2O3S. The second-order valence-electron chi connectivity index (χ2n) is 4.82. The van der Waals surface area contributed by atoms with Crippen molar-refractivity contribution in [1.29, 1.82) is 0 Å². The van der Waals surface area contributed by atoms with Crippen molar-refractivity contribution in [3.05, 3.63) is 65.2 Å². The van der Waals surface area contributed by atoms with Crippen LogP contribution in [0.2, 0.25) is 5.02 Å². The molecule has 0 fully saturated rings. The zero-order chi connectivity index (χ0) is 15.7. The molecule has 0 atom stereocenters. The van der Waals surface area contributed by atoms with Gasteiger partial charge in [0.25, 0.3) is 10.1 Å². The summed E-state index contributed by atoms with van der Waals surface area (Å²) in [6, 6.07) is 13.5. The topological polar surface area (TPSA) is 69.6 Å². The van der Waals surface area contributed by atoms with E-state index in [1.165, 1.54) is 12.1 Å². The van der Waals surface area contributed by atoms with Crippen LogP contribution in [0.15, 0.2) is 59.5 Å². The van der Waals surface area contributed by atoms with Crippen LogP contribution in [0.1, 0.15) is 5.56 Å². The van der Waals surface area contributed by atoms with E-state index in [-0.39, 0.29) is 4.90 Å². The summed E-state index contributed by atoms with van der Waals surface area (Å²) in [5.74, 6) is 0. The van der Waals surface area contributed by atoms with Gasteiger partial charge in [-0.05, 0) is 48.0 Å². The van der Waals surface area contributed by atoms with Gasteiger partial charge in [0.1, 0.15) is 0 Å². The average Bonchev–Trinajstić information content (AvgIpc) is 2.97. The van der Waals surface area contributed by atoms with Gasteiger partial charge in [0.2, 0.25) is 0 Å². The summed E-state index contributed by atoms with van der Waals surface area (Å²) in [5, 5.41) is 2.55. The van der Waals surface area contributed by atoms with Gasteiger partial charge in [-0.3, -0.25) is 15.0 Å². The van der Waals surface area contributed by atoms with Crippen LogP contribution in [0, 0.1) is 0 Å². The van der Waals surface area contributed by atoms with Crippen LogP contribution in [-0.4, -0.2) is 19.5 Å². The molecule has 0 radical (unpaired) electrons. The Labute approximate surface area is 133 Å². The van der Waals surface area contributed by atoms with E-state index in [9.17, 15) is 8.42 Å². The van der Waals surface area contributed by atoms with Gasteiger partial charge in [-0.2, -0.15) is 8.42 Å². The molecule has 1 aliphatic rings. The number of hydrogen-bond donors (Lipinski definition) is 2. The van der Waals surface area contributed by atoms with Crippen LogP contribution in [0.5, 0.6) is 0 Å². The number of benzene rings is 2. The molecule has 0 bridgehead atoms. The zero-order valence-corrected chi connectivity index (χ0v) is 13.0. The van der Waals surface area contributed by atoms with Gasteiger partial charge >= 0.3 is 0 Å². The molecule has 22 heavy (non-hydrogen) atoms. The Balaban J connectivity index is 1.75. The molecule has 2 N–H and O–H groups in total. The first-order valence-corrected chi connectivity index (χ1v) is 8.33. The minimum Gasteiger partial charge on any atom is -0.298 e. The van der Waals surface area contributed by atoms with E-state index in [1.54, 1.807) is 12.1 Å². The Hall–Kier alpha value is -2.02. The molecule has 3 rings (SSSR count). The molecule has 7 heteroatoms. The molecule has 1 aliphatic heterocycles. The van der Waals surface area contributed by atoms with E-state index in [0.29, 0.717) is 11.6 Å². The quantitative estimate of drug-likeness (QED) is 0.843. The highest BCUT2D eigenvalue weighted by Crippen LogP contribution is 2.24. The van der Waals surface area contributed by atoms with Crippen molar-refractivity contribution in [2.24, 2.45) is 0 Å². The fourth-order valence-electron chi connectivity index (χ4n) is 2.20. The van der Waals surface area contributed by atoms with Crippen molar-refractivity contribution >= 4 is 33.1 Å². The molecule has 0 amide bonds. The summed E-state index contributed by atoms with van der Waals surface area (Å²) in [5.41, 5.74) is 6.01. The Kier molecular flexibility index (Phi) is 3.82. The van der Waals surface area contributed by atoms with Crippen LogP contribution < -0.4 is 10.4 Å². The number of nitrogens with zero attached hydrogens (tertiary/aromatic N) is 1. The van der Waals surface area contributed by atoms with Gasteiger partial charge in [0.15, 0.2) is 0 Å². The van der Waals surface area contributed by atoms with Crippen molar-refractivity contribution in [2.75, 3.05) is 11.6 Å². The first kappa shape index (κ1) is 14.9. The minimum absolute atomic E-state index is 0.124. The van der Waals surface area contributed by atoms with E-state index in [4.69, 9.17) is 16.2 Å². The highest BCUT2D eigenvalue weighted by molar-refractivity contribution is 7.85. The largest absolute Gasteiger partial charge is 0.298 e. The third-order valence-electron chi connectivity index (χ3n) is 3.33. The molecular weight excluding hydrogens is 324 g/mol.